The first-order valence-corrected chi connectivity index (χ1v) is 8.73. The van der Waals surface area contributed by atoms with Gasteiger partial charge in [0.25, 0.3) is 0 Å². The fourth-order valence-electron chi connectivity index (χ4n) is 3.51. The zero-order valence-electron chi connectivity index (χ0n) is 14.3. The molecular formula is C18H26FN3O2. The molecule has 3 rings (SSSR count). The highest BCUT2D eigenvalue weighted by molar-refractivity contribution is 5.99. The Kier molecular flexibility index (Phi) is 5.81. The lowest BCUT2D eigenvalue weighted by atomic mass is 10.2. The molecule has 0 N–H and O–H groups in total. The van der Waals surface area contributed by atoms with Gasteiger partial charge in [-0.2, -0.15) is 0 Å². The lowest BCUT2D eigenvalue weighted by molar-refractivity contribution is -0.121. The summed E-state index contributed by atoms with van der Waals surface area (Å²) in [5, 5.41) is 0. The molecule has 0 radical (unpaired) electrons. The first kappa shape index (κ1) is 17.3. The van der Waals surface area contributed by atoms with Gasteiger partial charge in [-0.3, -0.25) is 14.6 Å². The van der Waals surface area contributed by atoms with Crippen LogP contribution < -0.4 is 4.90 Å². The molecule has 2 saturated heterocycles. The minimum atomic E-state index is -0.332. The van der Waals surface area contributed by atoms with E-state index in [-0.39, 0.29) is 17.8 Å². The largest absolute Gasteiger partial charge is 0.379 e. The Morgan fingerprint density at radius 3 is 2.75 bits per heavy atom. The topological polar surface area (TPSA) is 36.0 Å². The van der Waals surface area contributed by atoms with Crippen molar-refractivity contribution in [2.75, 3.05) is 57.9 Å². The second-order valence-corrected chi connectivity index (χ2v) is 6.53. The van der Waals surface area contributed by atoms with Gasteiger partial charge in [-0.1, -0.05) is 12.1 Å². The van der Waals surface area contributed by atoms with Crippen molar-refractivity contribution in [1.29, 1.82) is 0 Å². The quantitative estimate of drug-likeness (QED) is 0.791. The number of ether oxygens (including phenoxy) is 1. The Bertz CT molecular complexity index is 563. The fraction of sp³-hybridized carbons (Fsp3) is 0.611. The molecule has 1 aromatic rings. The van der Waals surface area contributed by atoms with Gasteiger partial charge in [0, 0.05) is 19.6 Å². The van der Waals surface area contributed by atoms with Crippen molar-refractivity contribution in [3.63, 3.8) is 0 Å². The molecule has 0 unspecified atom stereocenters. The Morgan fingerprint density at radius 2 is 2.00 bits per heavy atom. The molecule has 6 heteroatoms. The summed E-state index contributed by atoms with van der Waals surface area (Å²) >= 11 is 0. The van der Waals surface area contributed by atoms with E-state index in [2.05, 4.69) is 9.80 Å². The highest BCUT2D eigenvalue weighted by atomic mass is 19.1. The molecule has 1 aromatic carbocycles. The third kappa shape index (κ3) is 3.94. The van der Waals surface area contributed by atoms with Gasteiger partial charge in [-0.15, -0.1) is 0 Å². The number of carbonyl (C=O) groups excluding carboxylic acids is 1. The molecule has 2 aliphatic rings. The second kappa shape index (κ2) is 8.05. The van der Waals surface area contributed by atoms with Gasteiger partial charge in [-0.05, 0) is 45.1 Å². The molecule has 0 bridgehead atoms. The van der Waals surface area contributed by atoms with E-state index >= 15 is 0 Å². The zero-order valence-corrected chi connectivity index (χ0v) is 14.3. The number of hydrogen-bond acceptors (Lipinski definition) is 4. The maximum atomic E-state index is 13.9. The van der Waals surface area contributed by atoms with Crippen LogP contribution >= 0.6 is 0 Å². The molecule has 2 fully saturated rings. The predicted octanol–water partition coefficient (Wildman–Crippen LogP) is 1.59. The molecule has 24 heavy (non-hydrogen) atoms. The van der Waals surface area contributed by atoms with Crippen molar-refractivity contribution in [3.05, 3.63) is 30.1 Å². The summed E-state index contributed by atoms with van der Waals surface area (Å²) in [6.45, 7) is 6.10. The van der Waals surface area contributed by atoms with E-state index in [1.54, 1.807) is 23.1 Å². The van der Waals surface area contributed by atoms with Crippen molar-refractivity contribution < 1.29 is 13.9 Å². The molecule has 5 nitrogen and oxygen atoms in total. The standard InChI is InChI=1S/C18H26FN3O2/c1-20(8-4-9-21-11-13-24-14-12-21)17-7-10-22(18(17)23)16-6-3-2-5-15(16)19/h2-3,5-6,17H,4,7-14H2,1H3/t17-/m0/s1. The van der Waals surface area contributed by atoms with Gasteiger partial charge in [-0.25, -0.2) is 4.39 Å². The summed E-state index contributed by atoms with van der Waals surface area (Å²) in [6, 6.07) is 6.35. The van der Waals surface area contributed by atoms with Crippen LogP contribution in [0.4, 0.5) is 10.1 Å². The average Bonchev–Trinajstić information content (AvgIpc) is 2.98. The lowest BCUT2D eigenvalue weighted by Gasteiger charge is -2.28. The molecule has 0 saturated carbocycles. The smallest absolute Gasteiger partial charge is 0.244 e. The Labute approximate surface area is 143 Å². The van der Waals surface area contributed by atoms with Crippen molar-refractivity contribution >= 4 is 11.6 Å². The number of halogens is 1. The number of likely N-dealkylation sites (N-methyl/N-ethyl adjacent to an activating group) is 1. The molecule has 1 amide bonds. The Morgan fingerprint density at radius 1 is 1.25 bits per heavy atom. The normalized spacial score (nSPS) is 22.5. The van der Waals surface area contributed by atoms with E-state index in [1.807, 2.05) is 7.05 Å². The van der Waals surface area contributed by atoms with Crippen molar-refractivity contribution in [2.24, 2.45) is 0 Å². The summed E-state index contributed by atoms with van der Waals surface area (Å²) in [5.74, 6) is -0.324. The molecule has 1 atom stereocenters. The zero-order chi connectivity index (χ0) is 16.9. The van der Waals surface area contributed by atoms with Crippen LogP contribution in [0.15, 0.2) is 24.3 Å². The fourth-order valence-corrected chi connectivity index (χ4v) is 3.51. The van der Waals surface area contributed by atoms with E-state index in [9.17, 15) is 9.18 Å². The highest BCUT2D eigenvalue weighted by Crippen LogP contribution is 2.26. The Balaban J connectivity index is 1.50. The van der Waals surface area contributed by atoms with E-state index in [0.29, 0.717) is 12.2 Å². The van der Waals surface area contributed by atoms with Crippen LogP contribution in [-0.2, 0) is 9.53 Å². The number of para-hydroxylation sites is 1. The summed E-state index contributed by atoms with van der Waals surface area (Å²) < 4.78 is 19.3. The first-order valence-electron chi connectivity index (χ1n) is 8.73. The number of carbonyl (C=O) groups is 1. The maximum absolute atomic E-state index is 13.9. The highest BCUT2D eigenvalue weighted by Gasteiger charge is 2.35. The van der Waals surface area contributed by atoms with E-state index in [4.69, 9.17) is 4.74 Å². The third-order valence-electron chi connectivity index (χ3n) is 4.94. The summed E-state index contributed by atoms with van der Waals surface area (Å²) in [7, 11) is 1.99. The third-order valence-corrected chi connectivity index (χ3v) is 4.94. The minimum Gasteiger partial charge on any atom is -0.379 e. The number of morpholine rings is 1. The lowest BCUT2D eigenvalue weighted by Crippen LogP contribution is -2.42. The van der Waals surface area contributed by atoms with E-state index in [1.165, 1.54) is 6.07 Å². The van der Waals surface area contributed by atoms with Crippen molar-refractivity contribution in [3.8, 4) is 0 Å². The van der Waals surface area contributed by atoms with Gasteiger partial charge in [0.1, 0.15) is 5.82 Å². The van der Waals surface area contributed by atoms with Gasteiger partial charge < -0.3 is 9.64 Å². The summed E-state index contributed by atoms with van der Waals surface area (Å²) in [5.41, 5.74) is 0.395. The van der Waals surface area contributed by atoms with Gasteiger partial charge in [0.2, 0.25) is 5.91 Å². The second-order valence-electron chi connectivity index (χ2n) is 6.53. The number of anilines is 1. The molecule has 0 aromatic heterocycles. The van der Waals surface area contributed by atoms with Crippen LogP contribution in [0.1, 0.15) is 12.8 Å². The molecular weight excluding hydrogens is 309 g/mol. The van der Waals surface area contributed by atoms with Crippen LogP contribution in [0.2, 0.25) is 0 Å². The number of hydrogen-bond donors (Lipinski definition) is 0. The first-order chi connectivity index (χ1) is 11.7. The number of benzene rings is 1. The van der Waals surface area contributed by atoms with E-state index < -0.39 is 0 Å². The van der Waals surface area contributed by atoms with Crippen molar-refractivity contribution in [2.45, 2.75) is 18.9 Å². The van der Waals surface area contributed by atoms with Crippen LogP contribution in [0.25, 0.3) is 0 Å². The van der Waals surface area contributed by atoms with Crippen molar-refractivity contribution in [1.82, 2.24) is 9.80 Å². The molecule has 2 aliphatic heterocycles. The monoisotopic (exact) mass is 335 g/mol. The van der Waals surface area contributed by atoms with Gasteiger partial charge in [0.05, 0.1) is 24.9 Å². The average molecular weight is 335 g/mol. The van der Waals surface area contributed by atoms with Crippen LogP contribution in [0, 0.1) is 5.82 Å². The van der Waals surface area contributed by atoms with Gasteiger partial charge in [0.15, 0.2) is 0 Å². The maximum Gasteiger partial charge on any atom is 0.244 e. The van der Waals surface area contributed by atoms with Crippen LogP contribution in [0.3, 0.4) is 0 Å². The van der Waals surface area contributed by atoms with Crippen LogP contribution in [-0.4, -0.2) is 74.7 Å². The summed E-state index contributed by atoms with van der Waals surface area (Å²) in [4.78, 5) is 18.8. The van der Waals surface area contributed by atoms with Gasteiger partial charge >= 0.3 is 0 Å². The number of nitrogens with zero attached hydrogens (tertiary/aromatic N) is 3. The molecule has 132 valence electrons. The SMILES string of the molecule is CN(CCCN1CCOCC1)[C@H]1CCN(c2ccccc2F)C1=O. The van der Waals surface area contributed by atoms with E-state index in [0.717, 1.165) is 52.2 Å². The Hall–Kier alpha value is -1.50. The summed E-state index contributed by atoms with van der Waals surface area (Å²) in [6.07, 6.45) is 1.78. The van der Waals surface area contributed by atoms with Crippen LogP contribution in [0.5, 0.6) is 0 Å². The minimum absolute atomic E-state index is 0.00831. The number of rotatable bonds is 6. The molecule has 0 spiro atoms. The molecule has 0 aliphatic carbocycles. The molecule has 2 heterocycles. The number of amides is 1. The predicted molar refractivity (Wildman–Crippen MR) is 91.7 cm³/mol.